The summed E-state index contributed by atoms with van der Waals surface area (Å²) in [5.74, 6) is 0.726. The molecule has 0 amide bonds. The molecule has 0 saturated carbocycles. The zero-order valence-corrected chi connectivity index (χ0v) is 10.8. The van der Waals surface area contributed by atoms with Gasteiger partial charge in [-0.2, -0.15) is 5.10 Å². The SMILES string of the molecule is CCc1nn(CC)c(CC2CCNC2)c1Cl. The van der Waals surface area contributed by atoms with Gasteiger partial charge in [-0.15, -0.1) is 0 Å². The van der Waals surface area contributed by atoms with Crippen LogP contribution in [0.15, 0.2) is 0 Å². The van der Waals surface area contributed by atoms with Crippen LogP contribution in [0.1, 0.15) is 31.7 Å². The highest BCUT2D eigenvalue weighted by molar-refractivity contribution is 6.31. The first kappa shape index (κ1) is 11.9. The topological polar surface area (TPSA) is 29.9 Å². The van der Waals surface area contributed by atoms with Gasteiger partial charge in [-0.25, -0.2) is 0 Å². The standard InChI is InChI=1S/C12H20ClN3/c1-3-10-12(13)11(16(4-2)15-10)7-9-5-6-14-8-9/h9,14H,3-8H2,1-2H3. The molecule has 16 heavy (non-hydrogen) atoms. The number of aryl methyl sites for hydroxylation is 2. The van der Waals surface area contributed by atoms with Gasteiger partial charge >= 0.3 is 0 Å². The van der Waals surface area contributed by atoms with Crippen molar-refractivity contribution < 1.29 is 0 Å². The van der Waals surface area contributed by atoms with Crippen LogP contribution in [0, 0.1) is 5.92 Å². The molecule has 1 fully saturated rings. The van der Waals surface area contributed by atoms with Gasteiger partial charge in [0.05, 0.1) is 16.4 Å². The Morgan fingerprint density at radius 2 is 2.31 bits per heavy atom. The molecule has 0 bridgehead atoms. The van der Waals surface area contributed by atoms with Crippen molar-refractivity contribution in [3.8, 4) is 0 Å². The molecule has 2 heterocycles. The second kappa shape index (κ2) is 5.19. The zero-order chi connectivity index (χ0) is 11.5. The molecule has 1 aromatic rings. The van der Waals surface area contributed by atoms with E-state index in [4.69, 9.17) is 11.6 Å². The smallest absolute Gasteiger partial charge is 0.0849 e. The van der Waals surface area contributed by atoms with Gasteiger partial charge in [0, 0.05) is 6.54 Å². The van der Waals surface area contributed by atoms with Crippen molar-refractivity contribution in [3.05, 3.63) is 16.4 Å². The normalized spacial score (nSPS) is 20.6. The Hall–Kier alpha value is -0.540. The maximum absolute atomic E-state index is 6.38. The zero-order valence-electron chi connectivity index (χ0n) is 10.1. The molecular weight excluding hydrogens is 222 g/mol. The summed E-state index contributed by atoms with van der Waals surface area (Å²) in [4.78, 5) is 0. The fourth-order valence-corrected chi connectivity index (χ4v) is 2.72. The number of nitrogens with zero attached hydrogens (tertiary/aromatic N) is 2. The van der Waals surface area contributed by atoms with Gasteiger partial charge in [0.15, 0.2) is 0 Å². The van der Waals surface area contributed by atoms with E-state index in [0.29, 0.717) is 0 Å². The average Bonchev–Trinajstić information content (AvgIpc) is 2.89. The molecule has 1 N–H and O–H groups in total. The molecular formula is C12H20ClN3. The molecule has 0 aliphatic carbocycles. The first-order valence-corrected chi connectivity index (χ1v) is 6.58. The first-order chi connectivity index (χ1) is 7.76. The van der Waals surface area contributed by atoms with Crippen molar-refractivity contribution in [1.29, 1.82) is 0 Å². The van der Waals surface area contributed by atoms with Crippen LogP contribution in [-0.2, 0) is 19.4 Å². The molecule has 0 radical (unpaired) electrons. The van der Waals surface area contributed by atoms with E-state index in [0.717, 1.165) is 49.1 Å². The highest BCUT2D eigenvalue weighted by Crippen LogP contribution is 2.25. The van der Waals surface area contributed by atoms with E-state index in [1.54, 1.807) is 0 Å². The number of nitrogens with one attached hydrogen (secondary N) is 1. The second-order valence-electron chi connectivity index (χ2n) is 4.44. The maximum atomic E-state index is 6.38. The average molecular weight is 242 g/mol. The first-order valence-electron chi connectivity index (χ1n) is 6.21. The molecule has 1 saturated heterocycles. The number of rotatable bonds is 4. The lowest BCUT2D eigenvalue weighted by atomic mass is 10.0. The molecule has 90 valence electrons. The third-order valence-electron chi connectivity index (χ3n) is 3.34. The molecule has 0 aromatic carbocycles. The Kier molecular flexibility index (Phi) is 3.87. The van der Waals surface area contributed by atoms with E-state index < -0.39 is 0 Å². The molecule has 1 unspecified atom stereocenters. The molecule has 1 atom stereocenters. The van der Waals surface area contributed by atoms with Gasteiger partial charge in [0.2, 0.25) is 0 Å². The highest BCUT2D eigenvalue weighted by atomic mass is 35.5. The summed E-state index contributed by atoms with van der Waals surface area (Å²) in [6, 6.07) is 0. The summed E-state index contributed by atoms with van der Waals surface area (Å²) in [6.07, 6.45) is 3.24. The third kappa shape index (κ3) is 2.25. The van der Waals surface area contributed by atoms with Gasteiger partial charge in [-0.05, 0) is 45.2 Å². The lowest BCUT2D eigenvalue weighted by Gasteiger charge is -2.10. The van der Waals surface area contributed by atoms with Crippen molar-refractivity contribution in [1.82, 2.24) is 15.1 Å². The largest absolute Gasteiger partial charge is 0.316 e. The van der Waals surface area contributed by atoms with Crippen molar-refractivity contribution in [2.24, 2.45) is 5.92 Å². The van der Waals surface area contributed by atoms with E-state index in [1.165, 1.54) is 12.1 Å². The Morgan fingerprint density at radius 3 is 2.88 bits per heavy atom. The summed E-state index contributed by atoms with van der Waals surface area (Å²) in [5.41, 5.74) is 2.28. The lowest BCUT2D eigenvalue weighted by molar-refractivity contribution is 0.529. The molecule has 1 aromatic heterocycles. The quantitative estimate of drug-likeness (QED) is 0.877. The van der Waals surface area contributed by atoms with Gasteiger partial charge < -0.3 is 5.32 Å². The van der Waals surface area contributed by atoms with Crippen molar-refractivity contribution in [2.45, 2.75) is 39.7 Å². The van der Waals surface area contributed by atoms with Crippen LogP contribution < -0.4 is 5.32 Å². The van der Waals surface area contributed by atoms with Crippen LogP contribution in [0.4, 0.5) is 0 Å². The Balaban J connectivity index is 2.19. The number of halogens is 1. The minimum Gasteiger partial charge on any atom is -0.316 e. The summed E-state index contributed by atoms with van der Waals surface area (Å²) < 4.78 is 2.07. The van der Waals surface area contributed by atoms with E-state index in [2.05, 4.69) is 28.9 Å². The monoisotopic (exact) mass is 241 g/mol. The number of aromatic nitrogens is 2. The summed E-state index contributed by atoms with van der Waals surface area (Å²) in [5, 5.41) is 8.85. The Morgan fingerprint density at radius 1 is 1.50 bits per heavy atom. The Labute approximate surface area is 102 Å². The Bertz CT molecular complexity index is 353. The maximum Gasteiger partial charge on any atom is 0.0849 e. The molecule has 4 heteroatoms. The second-order valence-corrected chi connectivity index (χ2v) is 4.82. The minimum atomic E-state index is 0.726. The van der Waals surface area contributed by atoms with Crippen molar-refractivity contribution >= 4 is 11.6 Å². The van der Waals surface area contributed by atoms with Crippen LogP contribution in [-0.4, -0.2) is 22.9 Å². The van der Waals surface area contributed by atoms with Crippen LogP contribution >= 0.6 is 11.6 Å². The van der Waals surface area contributed by atoms with Gasteiger partial charge in [0.1, 0.15) is 0 Å². The van der Waals surface area contributed by atoms with Crippen LogP contribution in [0.25, 0.3) is 0 Å². The highest BCUT2D eigenvalue weighted by Gasteiger charge is 2.21. The molecule has 1 aliphatic rings. The van der Waals surface area contributed by atoms with Gasteiger partial charge in [-0.3, -0.25) is 4.68 Å². The number of hydrogen-bond donors (Lipinski definition) is 1. The number of hydrogen-bond acceptors (Lipinski definition) is 2. The van der Waals surface area contributed by atoms with E-state index in [-0.39, 0.29) is 0 Å². The van der Waals surface area contributed by atoms with Gasteiger partial charge in [0.25, 0.3) is 0 Å². The summed E-state index contributed by atoms with van der Waals surface area (Å²) in [7, 11) is 0. The summed E-state index contributed by atoms with van der Waals surface area (Å²) >= 11 is 6.38. The van der Waals surface area contributed by atoms with E-state index in [9.17, 15) is 0 Å². The predicted molar refractivity (Wildman–Crippen MR) is 67.0 cm³/mol. The van der Waals surface area contributed by atoms with Crippen molar-refractivity contribution in [3.63, 3.8) is 0 Å². The third-order valence-corrected chi connectivity index (χ3v) is 3.77. The van der Waals surface area contributed by atoms with Crippen LogP contribution in [0.2, 0.25) is 5.02 Å². The van der Waals surface area contributed by atoms with Crippen LogP contribution in [0.3, 0.4) is 0 Å². The molecule has 1 aliphatic heterocycles. The fourth-order valence-electron chi connectivity index (χ4n) is 2.37. The van der Waals surface area contributed by atoms with Gasteiger partial charge in [-0.1, -0.05) is 18.5 Å². The molecule has 0 spiro atoms. The summed E-state index contributed by atoms with van der Waals surface area (Å²) in [6.45, 7) is 7.40. The van der Waals surface area contributed by atoms with E-state index >= 15 is 0 Å². The minimum absolute atomic E-state index is 0.726. The van der Waals surface area contributed by atoms with Crippen molar-refractivity contribution in [2.75, 3.05) is 13.1 Å². The fraction of sp³-hybridized carbons (Fsp3) is 0.750. The molecule has 3 nitrogen and oxygen atoms in total. The van der Waals surface area contributed by atoms with E-state index in [1.807, 2.05) is 0 Å². The molecule has 2 rings (SSSR count). The predicted octanol–water partition coefficient (Wildman–Crippen LogP) is 2.27. The van der Waals surface area contributed by atoms with Crippen LogP contribution in [0.5, 0.6) is 0 Å². The lowest BCUT2D eigenvalue weighted by Crippen LogP contribution is -2.13.